The van der Waals surface area contributed by atoms with Crippen LogP contribution < -0.4 is 5.32 Å². The number of rotatable bonds is 6. The van der Waals surface area contributed by atoms with Gasteiger partial charge in [-0.2, -0.15) is 10.5 Å². The minimum atomic E-state index is 0.202. The number of nitrogens with one attached hydrogen (secondary N) is 1. The highest BCUT2D eigenvalue weighted by atomic mass is 15.4. The zero-order chi connectivity index (χ0) is 17.5. The first kappa shape index (κ1) is 17.8. The lowest BCUT2D eigenvalue weighted by Gasteiger charge is -2.25. The summed E-state index contributed by atoms with van der Waals surface area (Å²) in [5.74, 6) is 0.775. The molecule has 1 fully saturated rings. The lowest BCUT2D eigenvalue weighted by Crippen LogP contribution is -2.31. The van der Waals surface area contributed by atoms with Crippen LogP contribution in [0.2, 0.25) is 0 Å². The third kappa shape index (κ3) is 4.28. The van der Waals surface area contributed by atoms with Gasteiger partial charge in [0, 0.05) is 32.7 Å². The van der Waals surface area contributed by atoms with Crippen molar-refractivity contribution in [2.24, 2.45) is 0 Å². The summed E-state index contributed by atoms with van der Waals surface area (Å²) in [5, 5.41) is 22.0. The summed E-state index contributed by atoms with van der Waals surface area (Å²) in [6, 6.07) is 10.6. The lowest BCUT2D eigenvalue weighted by molar-refractivity contribution is 0.327. The molecule has 1 aromatic carbocycles. The van der Waals surface area contributed by atoms with Crippen LogP contribution in [0.3, 0.4) is 0 Å². The molecule has 1 aromatic rings. The van der Waals surface area contributed by atoms with Crippen LogP contribution in [0.15, 0.2) is 29.6 Å². The standard InChI is InChI=1S/C19H25N5/c1-4-22-5-6-23-7-8-24(19(23)18(12-20)13-21)14-17-10-15(2)9-16(3)11-17/h9-11,22H,4-8,14H2,1-3H3. The van der Waals surface area contributed by atoms with Crippen molar-refractivity contribution in [1.29, 1.82) is 10.5 Å². The molecule has 2 rings (SSSR count). The Kier molecular flexibility index (Phi) is 6.23. The molecule has 0 atom stereocenters. The summed E-state index contributed by atoms with van der Waals surface area (Å²) in [7, 11) is 0. The van der Waals surface area contributed by atoms with E-state index in [1.54, 1.807) is 0 Å². The van der Waals surface area contributed by atoms with Crippen LogP contribution in [0.4, 0.5) is 0 Å². The number of hydrogen-bond acceptors (Lipinski definition) is 5. The van der Waals surface area contributed by atoms with Gasteiger partial charge in [0.05, 0.1) is 0 Å². The Morgan fingerprint density at radius 1 is 1.08 bits per heavy atom. The maximum Gasteiger partial charge on any atom is 0.169 e. The molecule has 1 N–H and O–H groups in total. The van der Waals surface area contributed by atoms with Crippen LogP contribution in [0.5, 0.6) is 0 Å². The van der Waals surface area contributed by atoms with Gasteiger partial charge in [-0.1, -0.05) is 36.2 Å². The fourth-order valence-electron chi connectivity index (χ4n) is 3.24. The van der Waals surface area contributed by atoms with E-state index in [4.69, 9.17) is 0 Å². The normalized spacial score (nSPS) is 13.8. The number of aryl methyl sites for hydroxylation is 2. The molecule has 0 aromatic heterocycles. The first-order valence-electron chi connectivity index (χ1n) is 8.41. The Morgan fingerprint density at radius 2 is 1.71 bits per heavy atom. The van der Waals surface area contributed by atoms with Crippen LogP contribution in [0, 0.1) is 36.5 Å². The van der Waals surface area contributed by atoms with Gasteiger partial charge in [-0.05, 0) is 26.0 Å². The molecule has 0 spiro atoms. The van der Waals surface area contributed by atoms with E-state index in [1.807, 2.05) is 0 Å². The van der Waals surface area contributed by atoms with Crippen LogP contribution >= 0.6 is 0 Å². The smallest absolute Gasteiger partial charge is 0.169 e. The zero-order valence-corrected chi connectivity index (χ0v) is 14.8. The predicted octanol–water partition coefficient (Wildman–Crippen LogP) is 2.29. The maximum atomic E-state index is 9.35. The van der Waals surface area contributed by atoms with Gasteiger partial charge < -0.3 is 15.1 Å². The lowest BCUT2D eigenvalue weighted by atomic mass is 10.1. The van der Waals surface area contributed by atoms with Crippen molar-refractivity contribution in [3.63, 3.8) is 0 Å². The summed E-state index contributed by atoms with van der Waals surface area (Å²) < 4.78 is 0. The molecule has 5 nitrogen and oxygen atoms in total. The minimum absolute atomic E-state index is 0.202. The summed E-state index contributed by atoms with van der Waals surface area (Å²) >= 11 is 0. The Morgan fingerprint density at radius 3 is 2.29 bits per heavy atom. The van der Waals surface area contributed by atoms with Gasteiger partial charge in [0.25, 0.3) is 0 Å². The Balaban J connectivity index is 2.24. The van der Waals surface area contributed by atoms with Crippen molar-refractivity contribution in [3.05, 3.63) is 46.3 Å². The summed E-state index contributed by atoms with van der Waals surface area (Å²) in [6.07, 6.45) is 0. The topological polar surface area (TPSA) is 66.1 Å². The SMILES string of the molecule is CCNCCN1CCN(Cc2cc(C)cc(C)c2)C1=C(C#N)C#N. The van der Waals surface area contributed by atoms with Gasteiger partial charge in [0.2, 0.25) is 0 Å². The second-order valence-electron chi connectivity index (χ2n) is 6.18. The minimum Gasteiger partial charge on any atom is -0.354 e. The molecule has 1 heterocycles. The molecule has 0 bridgehead atoms. The molecule has 5 heteroatoms. The van der Waals surface area contributed by atoms with Gasteiger partial charge >= 0.3 is 0 Å². The van der Waals surface area contributed by atoms with E-state index in [2.05, 4.69) is 66.2 Å². The number of nitriles is 2. The first-order valence-corrected chi connectivity index (χ1v) is 8.41. The summed E-state index contributed by atoms with van der Waals surface area (Å²) in [4.78, 5) is 4.30. The fourth-order valence-corrected chi connectivity index (χ4v) is 3.24. The average molecular weight is 323 g/mol. The Hall–Kier alpha value is -2.50. The van der Waals surface area contributed by atoms with E-state index >= 15 is 0 Å². The number of hydrogen-bond donors (Lipinski definition) is 1. The molecule has 0 amide bonds. The van der Waals surface area contributed by atoms with Crippen molar-refractivity contribution in [3.8, 4) is 12.1 Å². The van der Waals surface area contributed by atoms with Crippen molar-refractivity contribution in [2.75, 3.05) is 32.7 Å². The van der Waals surface area contributed by atoms with E-state index in [1.165, 1.54) is 16.7 Å². The number of nitrogens with zero attached hydrogens (tertiary/aromatic N) is 4. The van der Waals surface area contributed by atoms with Crippen molar-refractivity contribution in [2.45, 2.75) is 27.3 Å². The second kappa shape index (κ2) is 8.38. The monoisotopic (exact) mass is 323 g/mol. The number of likely N-dealkylation sites (N-methyl/N-ethyl adjacent to an activating group) is 1. The van der Waals surface area contributed by atoms with Crippen LogP contribution in [-0.4, -0.2) is 42.5 Å². The van der Waals surface area contributed by atoms with E-state index in [0.717, 1.165) is 45.1 Å². The summed E-state index contributed by atoms with van der Waals surface area (Å²) in [6.45, 7) is 11.2. The molecule has 1 aliphatic heterocycles. The predicted molar refractivity (Wildman–Crippen MR) is 94.7 cm³/mol. The molecule has 126 valence electrons. The molecule has 0 saturated carbocycles. The molecular weight excluding hydrogens is 298 g/mol. The fraction of sp³-hybridized carbons (Fsp3) is 0.474. The third-order valence-electron chi connectivity index (χ3n) is 4.15. The van der Waals surface area contributed by atoms with Crippen LogP contribution in [-0.2, 0) is 6.54 Å². The first-order chi connectivity index (χ1) is 11.6. The maximum absolute atomic E-state index is 9.35. The number of allylic oxidation sites excluding steroid dienone is 1. The molecule has 1 aliphatic rings. The van der Waals surface area contributed by atoms with Gasteiger partial charge in [-0.3, -0.25) is 0 Å². The highest BCUT2D eigenvalue weighted by Gasteiger charge is 2.28. The van der Waals surface area contributed by atoms with Crippen LogP contribution in [0.1, 0.15) is 23.6 Å². The molecule has 0 aliphatic carbocycles. The third-order valence-corrected chi connectivity index (χ3v) is 4.15. The Labute approximate surface area is 144 Å². The van der Waals surface area contributed by atoms with E-state index in [9.17, 15) is 10.5 Å². The zero-order valence-electron chi connectivity index (χ0n) is 14.8. The molecular formula is C19H25N5. The van der Waals surface area contributed by atoms with Crippen molar-refractivity contribution in [1.82, 2.24) is 15.1 Å². The van der Waals surface area contributed by atoms with Crippen molar-refractivity contribution >= 4 is 0 Å². The van der Waals surface area contributed by atoms with E-state index in [-0.39, 0.29) is 5.57 Å². The van der Waals surface area contributed by atoms with Gasteiger partial charge in [0.15, 0.2) is 5.57 Å². The average Bonchev–Trinajstić information content (AvgIpc) is 2.91. The summed E-state index contributed by atoms with van der Waals surface area (Å²) in [5.41, 5.74) is 3.89. The molecule has 24 heavy (non-hydrogen) atoms. The highest BCUT2D eigenvalue weighted by molar-refractivity contribution is 5.40. The quantitative estimate of drug-likeness (QED) is 0.643. The van der Waals surface area contributed by atoms with Gasteiger partial charge in [0.1, 0.15) is 18.0 Å². The second-order valence-corrected chi connectivity index (χ2v) is 6.18. The van der Waals surface area contributed by atoms with Gasteiger partial charge in [-0.15, -0.1) is 0 Å². The van der Waals surface area contributed by atoms with Crippen molar-refractivity contribution < 1.29 is 0 Å². The molecule has 0 unspecified atom stereocenters. The molecule has 1 saturated heterocycles. The molecule has 0 radical (unpaired) electrons. The number of benzene rings is 1. The van der Waals surface area contributed by atoms with Crippen LogP contribution in [0.25, 0.3) is 0 Å². The van der Waals surface area contributed by atoms with E-state index in [0.29, 0.717) is 0 Å². The Bertz CT molecular complexity index is 656. The van der Waals surface area contributed by atoms with E-state index < -0.39 is 0 Å². The highest BCUT2D eigenvalue weighted by Crippen LogP contribution is 2.24. The largest absolute Gasteiger partial charge is 0.354 e. The van der Waals surface area contributed by atoms with Gasteiger partial charge in [-0.25, -0.2) is 0 Å².